The van der Waals surface area contributed by atoms with Crippen molar-refractivity contribution in [1.82, 2.24) is 10.3 Å². The maximum Gasteiger partial charge on any atom is 0.407 e. The molecule has 1 unspecified atom stereocenters. The molecular formula is C14H23N3O3S. The number of ether oxygens (including phenoxy) is 1. The molecule has 0 radical (unpaired) electrons. The predicted molar refractivity (Wildman–Crippen MR) is 83.4 cm³/mol. The van der Waals surface area contributed by atoms with Gasteiger partial charge in [0.25, 0.3) is 0 Å². The predicted octanol–water partition coefficient (Wildman–Crippen LogP) is 3.02. The van der Waals surface area contributed by atoms with E-state index in [9.17, 15) is 9.59 Å². The molecule has 2 amide bonds. The lowest BCUT2D eigenvalue weighted by Gasteiger charge is -2.29. The SMILES string of the molecule is CCCCOC(=O)NC(C(=O)Nc1nccs1)C(C)(C)C. The van der Waals surface area contributed by atoms with Crippen molar-refractivity contribution >= 4 is 28.5 Å². The largest absolute Gasteiger partial charge is 0.450 e. The molecule has 0 aromatic carbocycles. The van der Waals surface area contributed by atoms with Crippen LogP contribution in [0, 0.1) is 5.41 Å². The number of nitrogens with one attached hydrogen (secondary N) is 2. The summed E-state index contributed by atoms with van der Waals surface area (Å²) in [6.45, 7) is 8.01. The summed E-state index contributed by atoms with van der Waals surface area (Å²) >= 11 is 1.33. The quantitative estimate of drug-likeness (QED) is 0.791. The third-order valence-electron chi connectivity index (χ3n) is 2.78. The number of amides is 2. The van der Waals surface area contributed by atoms with Gasteiger partial charge in [-0.25, -0.2) is 9.78 Å². The van der Waals surface area contributed by atoms with Crippen molar-refractivity contribution in [3.05, 3.63) is 11.6 Å². The van der Waals surface area contributed by atoms with Gasteiger partial charge in [0.1, 0.15) is 6.04 Å². The number of anilines is 1. The third kappa shape index (κ3) is 6.12. The number of nitrogens with zero attached hydrogens (tertiary/aromatic N) is 1. The molecule has 0 aliphatic rings. The van der Waals surface area contributed by atoms with Gasteiger partial charge in [0.2, 0.25) is 5.91 Å². The first-order valence-corrected chi connectivity index (χ1v) is 7.86. The van der Waals surface area contributed by atoms with Gasteiger partial charge in [-0.1, -0.05) is 34.1 Å². The summed E-state index contributed by atoms with van der Waals surface area (Å²) in [5, 5.41) is 7.61. The molecule has 0 spiro atoms. The molecule has 0 saturated heterocycles. The first kappa shape index (κ1) is 17.4. The second-order valence-electron chi connectivity index (χ2n) is 5.76. The van der Waals surface area contributed by atoms with E-state index in [1.807, 2.05) is 27.7 Å². The van der Waals surface area contributed by atoms with Crippen LogP contribution < -0.4 is 10.6 Å². The number of carbonyl (C=O) groups is 2. The van der Waals surface area contributed by atoms with E-state index in [2.05, 4.69) is 15.6 Å². The topological polar surface area (TPSA) is 80.3 Å². The van der Waals surface area contributed by atoms with Crippen LogP contribution in [0.2, 0.25) is 0 Å². The molecule has 6 nitrogen and oxygen atoms in total. The summed E-state index contributed by atoms with van der Waals surface area (Å²) in [5.74, 6) is -0.301. The summed E-state index contributed by atoms with van der Waals surface area (Å²) < 4.78 is 5.05. The van der Waals surface area contributed by atoms with Crippen LogP contribution in [0.1, 0.15) is 40.5 Å². The van der Waals surface area contributed by atoms with Gasteiger partial charge in [0.15, 0.2) is 5.13 Å². The second kappa shape index (κ2) is 7.97. The molecule has 1 atom stereocenters. The van der Waals surface area contributed by atoms with E-state index in [0.717, 1.165) is 12.8 Å². The van der Waals surface area contributed by atoms with Gasteiger partial charge in [-0.3, -0.25) is 4.79 Å². The highest BCUT2D eigenvalue weighted by Crippen LogP contribution is 2.21. The molecular weight excluding hydrogens is 290 g/mol. The Bertz CT molecular complexity index is 455. The van der Waals surface area contributed by atoms with E-state index in [-0.39, 0.29) is 5.91 Å². The van der Waals surface area contributed by atoms with Gasteiger partial charge in [0, 0.05) is 11.6 Å². The van der Waals surface area contributed by atoms with E-state index in [1.165, 1.54) is 11.3 Å². The zero-order valence-electron chi connectivity index (χ0n) is 12.9. The van der Waals surface area contributed by atoms with Crippen LogP contribution in [-0.4, -0.2) is 29.6 Å². The van der Waals surface area contributed by atoms with Crippen molar-refractivity contribution in [2.75, 3.05) is 11.9 Å². The maximum absolute atomic E-state index is 12.3. The molecule has 0 bridgehead atoms. The second-order valence-corrected chi connectivity index (χ2v) is 6.65. The Morgan fingerprint density at radius 2 is 2.14 bits per heavy atom. The van der Waals surface area contributed by atoms with E-state index in [0.29, 0.717) is 11.7 Å². The highest BCUT2D eigenvalue weighted by molar-refractivity contribution is 7.13. The lowest BCUT2D eigenvalue weighted by molar-refractivity contribution is -0.120. The minimum atomic E-state index is -0.699. The number of aromatic nitrogens is 1. The molecule has 0 aliphatic heterocycles. The standard InChI is InChI=1S/C14H23N3O3S/c1-5-6-8-20-13(19)16-10(14(2,3)4)11(18)17-12-15-7-9-21-12/h7,9-10H,5-6,8H2,1-4H3,(H,16,19)(H,15,17,18). The molecule has 21 heavy (non-hydrogen) atoms. The molecule has 118 valence electrons. The fourth-order valence-electron chi connectivity index (χ4n) is 1.61. The average Bonchev–Trinajstić information content (AvgIpc) is 2.87. The first-order valence-electron chi connectivity index (χ1n) is 6.98. The third-order valence-corrected chi connectivity index (χ3v) is 3.47. The first-order chi connectivity index (χ1) is 9.84. The van der Waals surface area contributed by atoms with Crippen LogP contribution in [-0.2, 0) is 9.53 Å². The summed E-state index contributed by atoms with van der Waals surface area (Å²) in [6.07, 6.45) is 2.79. The van der Waals surface area contributed by atoms with Crippen LogP contribution in [0.25, 0.3) is 0 Å². The summed E-state index contributed by atoms with van der Waals surface area (Å²) in [6, 6.07) is -0.699. The van der Waals surface area contributed by atoms with Gasteiger partial charge < -0.3 is 15.4 Å². The normalized spacial score (nSPS) is 12.6. The number of unbranched alkanes of at least 4 members (excludes halogenated alkanes) is 1. The molecule has 7 heteroatoms. The van der Waals surface area contributed by atoms with E-state index in [1.54, 1.807) is 11.6 Å². The van der Waals surface area contributed by atoms with Gasteiger partial charge in [-0.15, -0.1) is 11.3 Å². The Kier molecular flexibility index (Phi) is 6.61. The Hall–Kier alpha value is -1.63. The lowest BCUT2D eigenvalue weighted by Crippen LogP contribution is -2.51. The minimum absolute atomic E-state index is 0.301. The monoisotopic (exact) mass is 313 g/mol. The molecule has 1 rings (SSSR count). The highest BCUT2D eigenvalue weighted by Gasteiger charge is 2.33. The fraction of sp³-hybridized carbons (Fsp3) is 0.643. The number of alkyl carbamates (subject to hydrolysis) is 1. The molecule has 1 aromatic heterocycles. The number of thiazole rings is 1. The molecule has 0 fully saturated rings. The number of hydrogen-bond acceptors (Lipinski definition) is 5. The van der Waals surface area contributed by atoms with E-state index < -0.39 is 17.6 Å². The summed E-state index contributed by atoms with van der Waals surface area (Å²) in [4.78, 5) is 28.1. The minimum Gasteiger partial charge on any atom is -0.450 e. The van der Waals surface area contributed by atoms with Crippen LogP contribution in [0.3, 0.4) is 0 Å². The molecule has 1 heterocycles. The van der Waals surface area contributed by atoms with Crippen LogP contribution in [0.15, 0.2) is 11.6 Å². The van der Waals surface area contributed by atoms with Crippen LogP contribution >= 0.6 is 11.3 Å². The van der Waals surface area contributed by atoms with E-state index >= 15 is 0 Å². The van der Waals surface area contributed by atoms with Gasteiger partial charge in [0.05, 0.1) is 6.61 Å². The lowest BCUT2D eigenvalue weighted by atomic mass is 9.86. The molecule has 2 N–H and O–H groups in total. The van der Waals surface area contributed by atoms with Crippen molar-refractivity contribution in [1.29, 1.82) is 0 Å². The maximum atomic E-state index is 12.3. The van der Waals surface area contributed by atoms with Crippen molar-refractivity contribution in [3.8, 4) is 0 Å². The Balaban J connectivity index is 2.63. The Morgan fingerprint density at radius 3 is 2.67 bits per heavy atom. The van der Waals surface area contributed by atoms with Crippen molar-refractivity contribution in [3.63, 3.8) is 0 Å². The van der Waals surface area contributed by atoms with Crippen molar-refractivity contribution < 1.29 is 14.3 Å². The van der Waals surface area contributed by atoms with E-state index in [4.69, 9.17) is 4.74 Å². The van der Waals surface area contributed by atoms with Crippen LogP contribution in [0.4, 0.5) is 9.93 Å². The molecule has 0 saturated carbocycles. The number of rotatable bonds is 6. The molecule has 0 aliphatic carbocycles. The smallest absolute Gasteiger partial charge is 0.407 e. The van der Waals surface area contributed by atoms with Crippen molar-refractivity contribution in [2.24, 2.45) is 5.41 Å². The molecule has 1 aromatic rings. The summed E-state index contributed by atoms with van der Waals surface area (Å²) in [7, 11) is 0. The Labute approximate surface area is 129 Å². The van der Waals surface area contributed by atoms with Gasteiger partial charge >= 0.3 is 6.09 Å². The Morgan fingerprint density at radius 1 is 1.43 bits per heavy atom. The zero-order chi connectivity index (χ0) is 15.9. The fourth-order valence-corrected chi connectivity index (χ4v) is 2.14. The summed E-state index contributed by atoms with van der Waals surface area (Å²) in [5.41, 5.74) is -0.439. The van der Waals surface area contributed by atoms with Crippen molar-refractivity contribution in [2.45, 2.75) is 46.6 Å². The highest BCUT2D eigenvalue weighted by atomic mass is 32.1. The average molecular weight is 313 g/mol. The van der Waals surface area contributed by atoms with Gasteiger partial charge in [-0.2, -0.15) is 0 Å². The zero-order valence-corrected chi connectivity index (χ0v) is 13.8. The van der Waals surface area contributed by atoms with Crippen LogP contribution in [0.5, 0.6) is 0 Å². The number of hydrogen-bond donors (Lipinski definition) is 2. The van der Waals surface area contributed by atoms with Gasteiger partial charge in [-0.05, 0) is 11.8 Å². The number of carbonyl (C=O) groups excluding carboxylic acids is 2.